The van der Waals surface area contributed by atoms with E-state index in [1.54, 1.807) is 11.3 Å². The van der Waals surface area contributed by atoms with Crippen LogP contribution in [0.5, 0.6) is 5.75 Å². The molecule has 0 saturated carbocycles. The Bertz CT molecular complexity index is 1130. The van der Waals surface area contributed by atoms with E-state index in [1.807, 2.05) is 61.7 Å². The molecule has 0 aliphatic heterocycles. The van der Waals surface area contributed by atoms with Crippen molar-refractivity contribution >= 4 is 44.5 Å². The third-order valence-electron chi connectivity index (χ3n) is 4.09. The molecule has 0 bridgehead atoms. The highest BCUT2D eigenvalue weighted by Crippen LogP contribution is 2.32. The second kappa shape index (κ2) is 8.08. The lowest BCUT2D eigenvalue weighted by molar-refractivity contribution is -0.115. The third-order valence-corrected chi connectivity index (χ3v) is 5.95. The summed E-state index contributed by atoms with van der Waals surface area (Å²) < 4.78 is 6.75. The van der Waals surface area contributed by atoms with Crippen molar-refractivity contribution in [3.05, 3.63) is 58.5 Å². The lowest BCUT2D eigenvalue weighted by Gasteiger charge is -2.07. The molecule has 5 nitrogen and oxygen atoms in total. The molecule has 0 unspecified atom stereocenters. The molecule has 0 fully saturated rings. The van der Waals surface area contributed by atoms with Crippen LogP contribution in [0.25, 0.3) is 20.8 Å². The van der Waals surface area contributed by atoms with Crippen LogP contribution in [0.4, 0.5) is 5.69 Å². The van der Waals surface area contributed by atoms with Crippen molar-refractivity contribution in [1.29, 1.82) is 0 Å². The molecule has 0 radical (unpaired) electrons. The zero-order valence-corrected chi connectivity index (χ0v) is 17.2. The summed E-state index contributed by atoms with van der Waals surface area (Å²) in [4.78, 5) is 21.5. The van der Waals surface area contributed by atoms with Gasteiger partial charge in [-0.3, -0.25) is 4.79 Å². The standard InChI is InChI=1S/C21H19N3O2S2/c1-3-26-18-7-5-4-6-16(18)21-24-15(12-27-21)11-20(25)23-14-8-9-17-19(10-14)28-13(2)22-17/h4-10,12H,3,11H2,1-2H3,(H,23,25). The average molecular weight is 410 g/mol. The number of nitrogens with zero attached hydrogens (tertiary/aromatic N) is 2. The van der Waals surface area contributed by atoms with E-state index in [0.717, 1.165) is 42.9 Å². The Kier molecular flexibility index (Phi) is 5.36. The Morgan fingerprint density at radius 2 is 2.04 bits per heavy atom. The van der Waals surface area contributed by atoms with E-state index in [0.29, 0.717) is 6.61 Å². The molecule has 2 aromatic carbocycles. The second-order valence-electron chi connectivity index (χ2n) is 6.21. The van der Waals surface area contributed by atoms with Gasteiger partial charge in [0.05, 0.1) is 39.5 Å². The zero-order chi connectivity index (χ0) is 19.5. The zero-order valence-electron chi connectivity index (χ0n) is 15.6. The SMILES string of the molecule is CCOc1ccccc1-c1nc(CC(=O)Nc2ccc3nc(C)sc3c2)cs1. The minimum Gasteiger partial charge on any atom is -0.493 e. The molecule has 28 heavy (non-hydrogen) atoms. The Labute approximate surface area is 171 Å². The molecule has 142 valence electrons. The second-order valence-corrected chi connectivity index (χ2v) is 8.31. The minimum atomic E-state index is -0.0875. The maximum atomic E-state index is 12.5. The quantitative estimate of drug-likeness (QED) is 0.469. The van der Waals surface area contributed by atoms with E-state index in [4.69, 9.17) is 4.74 Å². The van der Waals surface area contributed by atoms with E-state index in [2.05, 4.69) is 15.3 Å². The smallest absolute Gasteiger partial charge is 0.230 e. The lowest BCUT2D eigenvalue weighted by atomic mass is 10.2. The van der Waals surface area contributed by atoms with Gasteiger partial charge in [0.1, 0.15) is 10.8 Å². The van der Waals surface area contributed by atoms with Crippen LogP contribution in [-0.2, 0) is 11.2 Å². The van der Waals surface area contributed by atoms with Gasteiger partial charge in [0, 0.05) is 11.1 Å². The van der Waals surface area contributed by atoms with Crippen molar-refractivity contribution in [2.45, 2.75) is 20.3 Å². The molecule has 0 saturated heterocycles. The molecule has 1 N–H and O–H groups in total. The molecule has 1 amide bonds. The van der Waals surface area contributed by atoms with Gasteiger partial charge in [-0.05, 0) is 44.2 Å². The number of amides is 1. The minimum absolute atomic E-state index is 0.0875. The molecule has 0 atom stereocenters. The number of carbonyl (C=O) groups is 1. The first-order valence-corrected chi connectivity index (χ1v) is 10.7. The number of benzene rings is 2. The van der Waals surface area contributed by atoms with Gasteiger partial charge in [0.2, 0.25) is 5.91 Å². The molecule has 2 heterocycles. The van der Waals surface area contributed by atoms with Crippen molar-refractivity contribution in [3.8, 4) is 16.3 Å². The summed E-state index contributed by atoms with van der Waals surface area (Å²) in [6.07, 6.45) is 0.229. The van der Waals surface area contributed by atoms with Gasteiger partial charge in [-0.2, -0.15) is 0 Å². The topological polar surface area (TPSA) is 64.1 Å². The first-order valence-electron chi connectivity index (χ1n) is 8.96. The molecule has 0 spiro atoms. The number of thiazole rings is 2. The molecule has 0 aliphatic rings. The van der Waals surface area contributed by atoms with Crippen LogP contribution in [0, 0.1) is 6.92 Å². The Balaban J connectivity index is 1.46. The van der Waals surface area contributed by atoms with Gasteiger partial charge in [-0.25, -0.2) is 9.97 Å². The largest absolute Gasteiger partial charge is 0.493 e. The highest BCUT2D eigenvalue weighted by molar-refractivity contribution is 7.18. The summed E-state index contributed by atoms with van der Waals surface area (Å²) in [6.45, 7) is 4.53. The first-order chi connectivity index (χ1) is 13.6. The van der Waals surface area contributed by atoms with E-state index in [9.17, 15) is 4.79 Å². The fraction of sp³-hybridized carbons (Fsp3) is 0.190. The van der Waals surface area contributed by atoms with Crippen LogP contribution in [-0.4, -0.2) is 22.5 Å². The normalized spacial score (nSPS) is 10.9. The number of anilines is 1. The number of aryl methyl sites for hydroxylation is 1. The molecule has 7 heteroatoms. The molecule has 2 aromatic heterocycles. The summed E-state index contributed by atoms with van der Waals surface area (Å²) in [5.41, 5.74) is 3.43. The fourth-order valence-electron chi connectivity index (χ4n) is 2.92. The van der Waals surface area contributed by atoms with E-state index in [1.165, 1.54) is 11.3 Å². The maximum absolute atomic E-state index is 12.5. The van der Waals surface area contributed by atoms with Crippen LogP contribution < -0.4 is 10.1 Å². The van der Waals surface area contributed by atoms with E-state index in [-0.39, 0.29) is 12.3 Å². The number of hydrogen-bond acceptors (Lipinski definition) is 6. The van der Waals surface area contributed by atoms with E-state index >= 15 is 0 Å². The van der Waals surface area contributed by atoms with E-state index < -0.39 is 0 Å². The molecular formula is C21H19N3O2S2. The van der Waals surface area contributed by atoms with Crippen molar-refractivity contribution < 1.29 is 9.53 Å². The molecular weight excluding hydrogens is 390 g/mol. The highest BCUT2D eigenvalue weighted by atomic mass is 32.1. The Morgan fingerprint density at radius 3 is 2.89 bits per heavy atom. The van der Waals surface area contributed by atoms with Crippen molar-refractivity contribution in [1.82, 2.24) is 9.97 Å². The number of carbonyl (C=O) groups excluding carboxylic acids is 1. The predicted octanol–water partition coefficient (Wildman–Crippen LogP) is 5.31. The van der Waals surface area contributed by atoms with Gasteiger partial charge in [-0.15, -0.1) is 22.7 Å². The number of hydrogen-bond donors (Lipinski definition) is 1. The van der Waals surface area contributed by atoms with Crippen molar-refractivity contribution in [2.75, 3.05) is 11.9 Å². The maximum Gasteiger partial charge on any atom is 0.230 e. The third kappa shape index (κ3) is 4.05. The van der Waals surface area contributed by atoms with Gasteiger partial charge in [0.15, 0.2) is 0 Å². The van der Waals surface area contributed by atoms with Crippen LogP contribution in [0.1, 0.15) is 17.6 Å². The Morgan fingerprint density at radius 1 is 1.18 bits per heavy atom. The van der Waals surface area contributed by atoms with Crippen LogP contribution >= 0.6 is 22.7 Å². The van der Waals surface area contributed by atoms with Crippen molar-refractivity contribution in [2.24, 2.45) is 0 Å². The number of fused-ring (bicyclic) bond motifs is 1. The van der Waals surface area contributed by atoms with Gasteiger partial charge >= 0.3 is 0 Å². The summed E-state index contributed by atoms with van der Waals surface area (Å²) in [7, 11) is 0. The first kappa shape index (κ1) is 18.6. The van der Waals surface area contributed by atoms with Gasteiger partial charge < -0.3 is 10.1 Å². The van der Waals surface area contributed by atoms with Crippen LogP contribution in [0.2, 0.25) is 0 Å². The number of nitrogens with one attached hydrogen (secondary N) is 1. The average Bonchev–Trinajstić information content (AvgIpc) is 3.27. The van der Waals surface area contributed by atoms with Gasteiger partial charge in [-0.1, -0.05) is 12.1 Å². The van der Waals surface area contributed by atoms with Crippen LogP contribution in [0.15, 0.2) is 47.8 Å². The summed E-state index contributed by atoms with van der Waals surface area (Å²) in [5.74, 6) is 0.721. The molecule has 0 aliphatic carbocycles. The molecule has 4 aromatic rings. The predicted molar refractivity (Wildman–Crippen MR) is 115 cm³/mol. The lowest BCUT2D eigenvalue weighted by Crippen LogP contribution is -2.14. The number of aromatic nitrogens is 2. The number of para-hydroxylation sites is 1. The fourth-order valence-corrected chi connectivity index (χ4v) is 4.64. The monoisotopic (exact) mass is 409 g/mol. The Hall–Kier alpha value is -2.77. The van der Waals surface area contributed by atoms with Crippen molar-refractivity contribution in [3.63, 3.8) is 0 Å². The molecule has 4 rings (SSSR count). The number of rotatable bonds is 6. The summed E-state index contributed by atoms with van der Waals surface area (Å²) >= 11 is 3.14. The highest BCUT2D eigenvalue weighted by Gasteiger charge is 2.13. The van der Waals surface area contributed by atoms with Crippen LogP contribution in [0.3, 0.4) is 0 Å². The van der Waals surface area contributed by atoms with Gasteiger partial charge in [0.25, 0.3) is 0 Å². The number of ether oxygens (including phenoxy) is 1. The summed E-state index contributed by atoms with van der Waals surface area (Å²) in [5, 5.41) is 6.75. The summed E-state index contributed by atoms with van der Waals surface area (Å²) in [6, 6.07) is 13.6.